The monoisotopic (exact) mass is 378 g/mol. The average Bonchev–Trinajstić information content (AvgIpc) is 2.75. The fraction of sp³-hybridized carbons (Fsp3) is 0.273. The van der Waals surface area contributed by atoms with Crippen LogP contribution in [0.1, 0.15) is 18.1 Å². The summed E-state index contributed by atoms with van der Waals surface area (Å²) in [5.74, 6) is 2.17. The van der Waals surface area contributed by atoms with Crippen molar-refractivity contribution in [2.75, 3.05) is 20.8 Å². The molecule has 0 saturated carbocycles. The Kier molecular flexibility index (Phi) is 6.68. The fourth-order valence-corrected chi connectivity index (χ4v) is 2.98. The Morgan fingerprint density at radius 1 is 1.00 bits per heavy atom. The van der Waals surface area contributed by atoms with E-state index in [4.69, 9.17) is 9.47 Å². The van der Waals surface area contributed by atoms with Crippen LogP contribution in [0.3, 0.4) is 0 Å². The number of aliphatic imine (C=N–C) groups is 1. The molecule has 2 N–H and O–H groups in total. The molecule has 0 aliphatic heterocycles. The van der Waals surface area contributed by atoms with Crippen LogP contribution < -0.4 is 20.1 Å². The summed E-state index contributed by atoms with van der Waals surface area (Å²) in [5, 5.41) is 7.81. The SMILES string of the molecule is CCNC(=NCc1ccc(OC)c(OC)c1)NCc1cccc2cccnc12. The molecule has 0 radical (unpaired) electrons. The molecule has 0 atom stereocenters. The zero-order valence-corrected chi connectivity index (χ0v) is 16.5. The molecule has 0 unspecified atom stereocenters. The highest BCUT2D eigenvalue weighted by atomic mass is 16.5. The van der Waals surface area contributed by atoms with Crippen molar-refractivity contribution in [3.8, 4) is 11.5 Å². The fourth-order valence-electron chi connectivity index (χ4n) is 2.98. The lowest BCUT2D eigenvalue weighted by atomic mass is 10.1. The number of benzene rings is 2. The molecule has 6 nitrogen and oxygen atoms in total. The molecule has 3 rings (SSSR count). The van der Waals surface area contributed by atoms with Gasteiger partial charge >= 0.3 is 0 Å². The number of aromatic nitrogens is 1. The van der Waals surface area contributed by atoms with Crippen LogP contribution in [-0.4, -0.2) is 31.7 Å². The molecule has 3 aromatic rings. The molecule has 1 heterocycles. The number of nitrogens with one attached hydrogen (secondary N) is 2. The molecule has 0 saturated heterocycles. The molecule has 0 amide bonds. The van der Waals surface area contributed by atoms with Gasteiger partial charge < -0.3 is 20.1 Å². The highest BCUT2D eigenvalue weighted by Gasteiger charge is 2.06. The molecule has 1 aromatic heterocycles. The zero-order valence-electron chi connectivity index (χ0n) is 16.5. The molecule has 146 valence electrons. The van der Waals surface area contributed by atoms with Crippen molar-refractivity contribution in [3.63, 3.8) is 0 Å². The number of pyridine rings is 1. The first-order chi connectivity index (χ1) is 13.7. The van der Waals surface area contributed by atoms with E-state index in [1.54, 1.807) is 14.2 Å². The summed E-state index contributed by atoms with van der Waals surface area (Å²) in [6, 6.07) is 16.1. The van der Waals surface area contributed by atoms with Crippen LogP contribution >= 0.6 is 0 Å². The van der Waals surface area contributed by atoms with Gasteiger partial charge in [0.25, 0.3) is 0 Å². The van der Waals surface area contributed by atoms with Crippen LogP contribution in [0.15, 0.2) is 59.7 Å². The lowest BCUT2D eigenvalue weighted by molar-refractivity contribution is 0.354. The van der Waals surface area contributed by atoms with E-state index in [1.807, 2.05) is 37.4 Å². The highest BCUT2D eigenvalue weighted by molar-refractivity contribution is 5.83. The molecule has 0 aliphatic carbocycles. The molecule has 0 aliphatic rings. The van der Waals surface area contributed by atoms with Gasteiger partial charge in [0.2, 0.25) is 0 Å². The predicted octanol–water partition coefficient (Wildman–Crippen LogP) is 3.51. The average molecular weight is 378 g/mol. The molecule has 0 fully saturated rings. The summed E-state index contributed by atoms with van der Waals surface area (Å²) < 4.78 is 10.7. The topological polar surface area (TPSA) is 67.8 Å². The molecule has 0 spiro atoms. The van der Waals surface area contributed by atoms with Crippen LogP contribution in [0.25, 0.3) is 10.9 Å². The number of nitrogens with zero attached hydrogens (tertiary/aromatic N) is 2. The Morgan fingerprint density at radius 2 is 1.82 bits per heavy atom. The number of guanidine groups is 1. The van der Waals surface area contributed by atoms with Crippen molar-refractivity contribution in [3.05, 3.63) is 65.9 Å². The van der Waals surface area contributed by atoms with E-state index < -0.39 is 0 Å². The Morgan fingerprint density at radius 3 is 2.61 bits per heavy atom. The Labute approximate surface area is 165 Å². The standard InChI is InChI=1S/C22H26N4O2/c1-4-23-22(25-14-16-10-11-19(27-2)20(13-16)28-3)26-15-18-8-5-7-17-9-6-12-24-21(17)18/h5-13H,4,14-15H2,1-3H3,(H2,23,25,26). The quantitative estimate of drug-likeness (QED) is 0.486. The number of hydrogen-bond donors (Lipinski definition) is 2. The van der Waals surface area contributed by atoms with Gasteiger partial charge in [0, 0.05) is 24.7 Å². The van der Waals surface area contributed by atoms with E-state index in [2.05, 4.69) is 44.9 Å². The van der Waals surface area contributed by atoms with Crippen molar-refractivity contribution in [1.82, 2.24) is 15.6 Å². The normalized spacial score (nSPS) is 11.3. The third-order valence-electron chi connectivity index (χ3n) is 4.37. The second-order valence-corrected chi connectivity index (χ2v) is 6.23. The van der Waals surface area contributed by atoms with Gasteiger partial charge in [-0.1, -0.05) is 30.3 Å². The van der Waals surface area contributed by atoms with E-state index >= 15 is 0 Å². The van der Waals surface area contributed by atoms with Crippen molar-refractivity contribution in [1.29, 1.82) is 0 Å². The van der Waals surface area contributed by atoms with E-state index in [-0.39, 0.29) is 0 Å². The Balaban J connectivity index is 1.72. The summed E-state index contributed by atoms with van der Waals surface area (Å²) >= 11 is 0. The Hall–Kier alpha value is -3.28. The number of fused-ring (bicyclic) bond motifs is 1. The lowest BCUT2D eigenvalue weighted by Gasteiger charge is -2.13. The first kappa shape index (κ1) is 19.5. The van der Waals surface area contributed by atoms with Crippen LogP contribution in [0, 0.1) is 0 Å². The number of hydrogen-bond acceptors (Lipinski definition) is 4. The minimum absolute atomic E-state index is 0.531. The maximum Gasteiger partial charge on any atom is 0.191 e. The third kappa shape index (κ3) is 4.71. The zero-order chi connectivity index (χ0) is 19.8. The summed E-state index contributed by atoms with van der Waals surface area (Å²) in [6.45, 7) is 4.01. The largest absolute Gasteiger partial charge is 0.493 e. The highest BCUT2D eigenvalue weighted by Crippen LogP contribution is 2.27. The Bertz CT molecular complexity index is 951. The second kappa shape index (κ2) is 9.60. The molecule has 0 bridgehead atoms. The molecule has 28 heavy (non-hydrogen) atoms. The minimum Gasteiger partial charge on any atom is -0.493 e. The van der Waals surface area contributed by atoms with Gasteiger partial charge in [-0.2, -0.15) is 0 Å². The molecular formula is C22H26N4O2. The van der Waals surface area contributed by atoms with Crippen molar-refractivity contribution in [2.45, 2.75) is 20.0 Å². The predicted molar refractivity (Wildman–Crippen MR) is 113 cm³/mol. The number of para-hydroxylation sites is 1. The minimum atomic E-state index is 0.531. The van der Waals surface area contributed by atoms with Crippen LogP contribution in [-0.2, 0) is 13.1 Å². The summed E-state index contributed by atoms with van der Waals surface area (Å²) in [6.07, 6.45) is 1.82. The van der Waals surface area contributed by atoms with Gasteiger partial charge in [0.1, 0.15) is 0 Å². The maximum atomic E-state index is 5.37. The number of methoxy groups -OCH3 is 2. The van der Waals surface area contributed by atoms with E-state index in [9.17, 15) is 0 Å². The lowest BCUT2D eigenvalue weighted by Crippen LogP contribution is -2.36. The van der Waals surface area contributed by atoms with E-state index in [0.29, 0.717) is 24.6 Å². The summed E-state index contributed by atoms with van der Waals surface area (Å²) in [4.78, 5) is 9.20. The van der Waals surface area contributed by atoms with Gasteiger partial charge in [-0.25, -0.2) is 4.99 Å². The van der Waals surface area contributed by atoms with Crippen LogP contribution in [0.2, 0.25) is 0 Å². The summed E-state index contributed by atoms with van der Waals surface area (Å²) in [5.41, 5.74) is 3.18. The van der Waals surface area contributed by atoms with Crippen LogP contribution in [0.5, 0.6) is 11.5 Å². The van der Waals surface area contributed by atoms with E-state index in [1.165, 1.54) is 0 Å². The van der Waals surface area contributed by atoms with E-state index in [0.717, 1.165) is 34.5 Å². The second-order valence-electron chi connectivity index (χ2n) is 6.23. The van der Waals surface area contributed by atoms with Gasteiger partial charge in [0.15, 0.2) is 17.5 Å². The first-order valence-electron chi connectivity index (χ1n) is 9.31. The van der Waals surface area contributed by atoms with Gasteiger partial charge in [-0.3, -0.25) is 4.98 Å². The number of rotatable bonds is 7. The van der Waals surface area contributed by atoms with Gasteiger partial charge in [-0.05, 0) is 36.2 Å². The van der Waals surface area contributed by atoms with Crippen molar-refractivity contribution < 1.29 is 9.47 Å². The van der Waals surface area contributed by atoms with Crippen LogP contribution in [0.4, 0.5) is 0 Å². The van der Waals surface area contributed by atoms with Gasteiger partial charge in [0.05, 0.1) is 26.3 Å². The molecular weight excluding hydrogens is 352 g/mol. The number of ether oxygens (including phenoxy) is 2. The molecule has 2 aromatic carbocycles. The maximum absolute atomic E-state index is 5.37. The third-order valence-corrected chi connectivity index (χ3v) is 4.37. The van der Waals surface area contributed by atoms with Crippen molar-refractivity contribution >= 4 is 16.9 Å². The van der Waals surface area contributed by atoms with Crippen molar-refractivity contribution in [2.24, 2.45) is 4.99 Å². The smallest absolute Gasteiger partial charge is 0.191 e. The van der Waals surface area contributed by atoms with Gasteiger partial charge in [-0.15, -0.1) is 0 Å². The first-order valence-corrected chi connectivity index (χ1v) is 9.31. The molecule has 6 heteroatoms. The summed E-state index contributed by atoms with van der Waals surface area (Å²) in [7, 11) is 3.26.